The Kier molecular flexibility index (Phi) is 11.5. The van der Waals surface area contributed by atoms with E-state index in [1.807, 2.05) is 27.7 Å². The number of aliphatic hydroxyl groups excluding tert-OH is 2. The van der Waals surface area contributed by atoms with Gasteiger partial charge in [0, 0.05) is 13.2 Å². The van der Waals surface area contributed by atoms with Gasteiger partial charge in [-0.3, -0.25) is 0 Å². The van der Waals surface area contributed by atoms with Crippen LogP contribution >= 0.6 is 0 Å². The maximum Gasteiger partial charge on any atom is 0.0835 e. The summed E-state index contributed by atoms with van der Waals surface area (Å²) in [4.78, 5) is 0. The van der Waals surface area contributed by atoms with E-state index in [-0.39, 0.29) is 37.6 Å². The molecule has 0 aliphatic heterocycles. The van der Waals surface area contributed by atoms with E-state index in [0.29, 0.717) is 26.1 Å². The third-order valence-electron chi connectivity index (χ3n) is 2.52. The minimum Gasteiger partial charge on any atom is -0.396 e. The molecule has 0 aromatic heterocycles. The zero-order valence-electron chi connectivity index (χ0n) is 12.7. The molecule has 2 atom stereocenters. The first kappa shape index (κ1) is 18.8. The Balaban J connectivity index is 4.20. The fourth-order valence-corrected chi connectivity index (χ4v) is 1.54. The normalized spacial score (nSPS) is 15.2. The summed E-state index contributed by atoms with van der Waals surface area (Å²) in [5.41, 5.74) is 0. The van der Waals surface area contributed by atoms with Gasteiger partial charge < -0.3 is 24.4 Å². The predicted molar refractivity (Wildman–Crippen MR) is 74.2 cm³/mol. The van der Waals surface area contributed by atoms with Crippen LogP contribution in [0.25, 0.3) is 0 Å². The second kappa shape index (κ2) is 11.6. The lowest BCUT2D eigenvalue weighted by Crippen LogP contribution is -2.32. The minimum atomic E-state index is -0.167. The van der Waals surface area contributed by atoms with E-state index in [1.54, 1.807) is 0 Å². The van der Waals surface area contributed by atoms with Gasteiger partial charge in [-0.15, -0.1) is 0 Å². The van der Waals surface area contributed by atoms with Gasteiger partial charge in [0.15, 0.2) is 0 Å². The lowest BCUT2D eigenvalue weighted by molar-refractivity contribution is -0.110. The molecule has 0 amide bonds. The quantitative estimate of drug-likeness (QED) is 0.564. The summed E-state index contributed by atoms with van der Waals surface area (Å²) in [5.74, 6) is 0. The summed E-state index contributed by atoms with van der Waals surface area (Å²) in [6.45, 7) is 8.86. The molecule has 0 aromatic rings. The van der Waals surface area contributed by atoms with Crippen molar-refractivity contribution in [2.24, 2.45) is 0 Å². The van der Waals surface area contributed by atoms with Gasteiger partial charge in [-0.1, -0.05) is 0 Å². The molecule has 0 aliphatic carbocycles. The standard InChI is InChI=1S/C14H30O5/c1-11(2)17-9-13(5-7-15)19-14(6-8-16)10-18-12(3)4/h11-16H,5-10H2,1-4H3. The van der Waals surface area contributed by atoms with Gasteiger partial charge in [-0.25, -0.2) is 0 Å². The number of hydrogen-bond acceptors (Lipinski definition) is 5. The number of ether oxygens (including phenoxy) is 3. The zero-order valence-corrected chi connectivity index (χ0v) is 12.7. The third-order valence-corrected chi connectivity index (χ3v) is 2.52. The van der Waals surface area contributed by atoms with Crippen molar-refractivity contribution in [2.75, 3.05) is 26.4 Å². The van der Waals surface area contributed by atoms with Crippen LogP contribution in [0, 0.1) is 0 Å². The Morgan fingerprint density at radius 3 is 1.37 bits per heavy atom. The van der Waals surface area contributed by atoms with Gasteiger partial charge in [-0.2, -0.15) is 0 Å². The first-order chi connectivity index (χ1) is 8.99. The zero-order chi connectivity index (χ0) is 14.7. The Labute approximate surface area is 116 Å². The molecular formula is C14H30O5. The highest BCUT2D eigenvalue weighted by Crippen LogP contribution is 2.09. The van der Waals surface area contributed by atoms with Crippen molar-refractivity contribution >= 4 is 0 Å². The molecular weight excluding hydrogens is 248 g/mol. The van der Waals surface area contributed by atoms with Crippen LogP contribution in [0.3, 0.4) is 0 Å². The molecule has 0 spiro atoms. The Hall–Kier alpha value is -0.200. The molecule has 0 aromatic carbocycles. The van der Waals surface area contributed by atoms with E-state index in [0.717, 1.165) is 0 Å². The van der Waals surface area contributed by atoms with E-state index in [4.69, 9.17) is 24.4 Å². The highest BCUT2D eigenvalue weighted by Gasteiger charge is 2.18. The average Bonchev–Trinajstić information content (AvgIpc) is 2.33. The lowest BCUT2D eigenvalue weighted by Gasteiger charge is -2.25. The van der Waals surface area contributed by atoms with Crippen LogP contribution in [-0.2, 0) is 14.2 Å². The molecule has 0 bridgehead atoms. The topological polar surface area (TPSA) is 68.2 Å². The summed E-state index contributed by atoms with van der Waals surface area (Å²) in [6.07, 6.45) is 0.979. The fourth-order valence-electron chi connectivity index (χ4n) is 1.54. The summed E-state index contributed by atoms with van der Waals surface area (Å²) in [6, 6.07) is 0. The SMILES string of the molecule is CC(C)OCC(CCO)OC(CCO)COC(C)C. The molecule has 2 N–H and O–H groups in total. The summed E-state index contributed by atoms with van der Waals surface area (Å²) < 4.78 is 16.9. The average molecular weight is 278 g/mol. The van der Waals surface area contributed by atoms with Crippen molar-refractivity contribution < 1.29 is 24.4 Å². The number of rotatable bonds is 12. The molecule has 0 saturated heterocycles. The van der Waals surface area contributed by atoms with Crippen molar-refractivity contribution in [1.82, 2.24) is 0 Å². The van der Waals surface area contributed by atoms with E-state index in [9.17, 15) is 0 Å². The largest absolute Gasteiger partial charge is 0.396 e. The molecule has 5 nitrogen and oxygen atoms in total. The maximum absolute atomic E-state index is 9.05. The first-order valence-electron chi connectivity index (χ1n) is 7.10. The molecule has 0 heterocycles. The predicted octanol–water partition coefficient (Wildman–Crippen LogP) is 1.35. The second-order valence-electron chi connectivity index (χ2n) is 5.17. The first-order valence-corrected chi connectivity index (χ1v) is 7.10. The number of hydrogen-bond donors (Lipinski definition) is 2. The molecule has 0 rings (SSSR count). The Morgan fingerprint density at radius 2 is 1.11 bits per heavy atom. The summed E-state index contributed by atoms with van der Waals surface area (Å²) >= 11 is 0. The Bertz CT molecular complexity index is 176. The van der Waals surface area contributed by atoms with Crippen molar-refractivity contribution in [3.8, 4) is 0 Å². The van der Waals surface area contributed by atoms with Crippen LogP contribution in [0.1, 0.15) is 40.5 Å². The molecule has 0 saturated carbocycles. The molecule has 116 valence electrons. The van der Waals surface area contributed by atoms with Crippen molar-refractivity contribution in [1.29, 1.82) is 0 Å². The van der Waals surface area contributed by atoms with Crippen LogP contribution in [-0.4, -0.2) is 61.1 Å². The smallest absolute Gasteiger partial charge is 0.0835 e. The van der Waals surface area contributed by atoms with Crippen molar-refractivity contribution in [2.45, 2.75) is 65.0 Å². The fraction of sp³-hybridized carbons (Fsp3) is 1.00. The molecule has 0 radical (unpaired) electrons. The van der Waals surface area contributed by atoms with Gasteiger partial charge in [0.25, 0.3) is 0 Å². The summed E-state index contributed by atoms with van der Waals surface area (Å²) in [5, 5.41) is 18.1. The maximum atomic E-state index is 9.05. The van der Waals surface area contributed by atoms with E-state index >= 15 is 0 Å². The van der Waals surface area contributed by atoms with Gasteiger partial charge in [0.05, 0.1) is 37.6 Å². The highest BCUT2D eigenvalue weighted by molar-refractivity contribution is 4.64. The van der Waals surface area contributed by atoms with Gasteiger partial charge in [0.2, 0.25) is 0 Å². The van der Waals surface area contributed by atoms with Crippen LogP contribution < -0.4 is 0 Å². The third kappa shape index (κ3) is 11.3. The van der Waals surface area contributed by atoms with Gasteiger partial charge in [0.1, 0.15) is 0 Å². The lowest BCUT2D eigenvalue weighted by atomic mass is 10.2. The van der Waals surface area contributed by atoms with Gasteiger partial charge in [-0.05, 0) is 40.5 Å². The Morgan fingerprint density at radius 1 is 0.737 bits per heavy atom. The molecule has 19 heavy (non-hydrogen) atoms. The minimum absolute atomic E-state index is 0.0585. The van der Waals surface area contributed by atoms with Crippen LogP contribution in [0.5, 0.6) is 0 Å². The molecule has 0 fully saturated rings. The second-order valence-corrected chi connectivity index (χ2v) is 5.17. The molecule has 2 unspecified atom stereocenters. The summed E-state index contributed by atoms with van der Waals surface area (Å²) in [7, 11) is 0. The highest BCUT2D eigenvalue weighted by atomic mass is 16.6. The van der Waals surface area contributed by atoms with Gasteiger partial charge >= 0.3 is 0 Å². The van der Waals surface area contributed by atoms with Crippen LogP contribution in [0.4, 0.5) is 0 Å². The van der Waals surface area contributed by atoms with Crippen molar-refractivity contribution in [3.05, 3.63) is 0 Å². The van der Waals surface area contributed by atoms with E-state index in [1.165, 1.54) is 0 Å². The molecule has 5 heteroatoms. The monoisotopic (exact) mass is 278 g/mol. The molecule has 0 aliphatic rings. The number of aliphatic hydroxyl groups is 2. The van der Waals surface area contributed by atoms with Crippen LogP contribution in [0.15, 0.2) is 0 Å². The van der Waals surface area contributed by atoms with Crippen LogP contribution in [0.2, 0.25) is 0 Å². The van der Waals surface area contributed by atoms with E-state index in [2.05, 4.69) is 0 Å². The van der Waals surface area contributed by atoms with E-state index < -0.39 is 0 Å². The van der Waals surface area contributed by atoms with Crippen molar-refractivity contribution in [3.63, 3.8) is 0 Å².